The summed E-state index contributed by atoms with van der Waals surface area (Å²) in [6.45, 7) is 5.45. The molecule has 11 nitrogen and oxygen atoms in total. The van der Waals surface area contributed by atoms with E-state index in [2.05, 4.69) is 20.9 Å². The highest BCUT2D eigenvalue weighted by Crippen LogP contribution is 2.19. The molecule has 3 amide bonds. The first-order valence-corrected chi connectivity index (χ1v) is 12.2. The van der Waals surface area contributed by atoms with Crippen molar-refractivity contribution >= 4 is 34.6 Å². The Morgan fingerprint density at radius 1 is 0.944 bits per heavy atom. The minimum atomic E-state index is -1.17. The van der Waals surface area contributed by atoms with Gasteiger partial charge in [-0.1, -0.05) is 32.0 Å². The molecule has 198 valence electrons. The van der Waals surface area contributed by atoms with E-state index in [4.69, 9.17) is 11.5 Å². The van der Waals surface area contributed by atoms with Crippen molar-refractivity contribution in [1.82, 2.24) is 20.9 Å². The van der Waals surface area contributed by atoms with Gasteiger partial charge in [-0.3, -0.25) is 14.4 Å². The van der Waals surface area contributed by atoms with E-state index >= 15 is 0 Å². The molecule has 1 aromatic heterocycles. The van der Waals surface area contributed by atoms with Crippen LogP contribution in [0.5, 0.6) is 0 Å². The van der Waals surface area contributed by atoms with E-state index in [1.165, 1.54) is 6.92 Å². The molecule has 0 saturated heterocycles. The highest BCUT2D eigenvalue weighted by molar-refractivity contribution is 5.94. The Bertz CT molecular complexity index is 1050. The standard InChI is InChI=1S/C25H38N6O5/c1-14(2)21(31-22(32)15(3)27)24(34)30-20(12-16-13-28-18-9-5-4-8-17(16)18)23(33)29-19(25(35)36)10-6-7-11-26/h4-5,8-9,13-15,19-21,28H,6-7,10-12,26-27H2,1-3H3,(H,29,33)(H,30,34)(H,31,32)(H,35,36). The SMILES string of the molecule is CC(N)C(=O)NC(C(=O)NC(Cc1c[nH]c2ccccc12)C(=O)NC(CCCCN)C(=O)O)C(C)C. The number of benzene rings is 1. The van der Waals surface area contributed by atoms with Gasteiger partial charge in [0.25, 0.3) is 0 Å². The molecule has 0 fully saturated rings. The van der Waals surface area contributed by atoms with Crippen LogP contribution in [-0.2, 0) is 25.6 Å². The predicted octanol–water partition coefficient (Wildman–Crippen LogP) is 0.382. The van der Waals surface area contributed by atoms with Crippen LogP contribution in [0.4, 0.5) is 0 Å². The Kier molecular flexibility index (Phi) is 10.9. The minimum Gasteiger partial charge on any atom is -0.480 e. The number of amides is 3. The lowest BCUT2D eigenvalue weighted by Crippen LogP contribution is -2.58. The highest BCUT2D eigenvalue weighted by atomic mass is 16.4. The second-order valence-corrected chi connectivity index (χ2v) is 9.33. The number of carboxylic acids is 1. The molecule has 11 heteroatoms. The zero-order chi connectivity index (χ0) is 26.8. The molecule has 0 spiro atoms. The van der Waals surface area contributed by atoms with Crippen LogP contribution in [0.2, 0.25) is 0 Å². The molecular formula is C25H38N6O5. The number of carbonyl (C=O) groups is 4. The monoisotopic (exact) mass is 502 g/mol. The van der Waals surface area contributed by atoms with E-state index in [1.807, 2.05) is 24.3 Å². The number of hydrogen-bond acceptors (Lipinski definition) is 6. The summed E-state index contributed by atoms with van der Waals surface area (Å²) in [5, 5.41) is 18.4. The van der Waals surface area contributed by atoms with Gasteiger partial charge in [-0.25, -0.2) is 4.79 Å². The molecule has 4 atom stereocenters. The molecule has 1 aromatic carbocycles. The van der Waals surface area contributed by atoms with Gasteiger partial charge in [0.1, 0.15) is 18.1 Å². The van der Waals surface area contributed by atoms with Crippen LogP contribution in [-0.4, -0.2) is 64.5 Å². The number of carbonyl (C=O) groups excluding carboxylic acids is 3. The Hall–Kier alpha value is -3.44. The van der Waals surface area contributed by atoms with Crippen molar-refractivity contribution in [2.24, 2.45) is 17.4 Å². The number of H-pyrrole nitrogens is 1. The molecule has 2 rings (SSSR count). The molecule has 4 unspecified atom stereocenters. The molecule has 9 N–H and O–H groups in total. The van der Waals surface area contributed by atoms with Crippen molar-refractivity contribution in [3.8, 4) is 0 Å². The van der Waals surface area contributed by atoms with Crippen molar-refractivity contribution in [1.29, 1.82) is 0 Å². The lowest BCUT2D eigenvalue weighted by atomic mass is 10.00. The average Bonchev–Trinajstić information content (AvgIpc) is 3.23. The van der Waals surface area contributed by atoms with Crippen LogP contribution in [0.1, 0.15) is 45.6 Å². The number of nitrogens with two attached hydrogens (primary N) is 2. The summed E-state index contributed by atoms with van der Waals surface area (Å²) < 4.78 is 0. The van der Waals surface area contributed by atoms with Crippen LogP contribution >= 0.6 is 0 Å². The normalized spacial score (nSPS) is 14.6. The number of aromatic nitrogens is 1. The lowest BCUT2D eigenvalue weighted by Gasteiger charge is -2.26. The summed E-state index contributed by atoms with van der Waals surface area (Å²) in [4.78, 5) is 53.5. The summed E-state index contributed by atoms with van der Waals surface area (Å²) in [5.74, 6) is -3.13. The summed E-state index contributed by atoms with van der Waals surface area (Å²) in [5.41, 5.74) is 12.8. The summed E-state index contributed by atoms with van der Waals surface area (Å²) in [7, 11) is 0. The molecule has 2 aromatic rings. The highest BCUT2D eigenvalue weighted by Gasteiger charge is 2.31. The van der Waals surface area contributed by atoms with Crippen LogP contribution in [0.3, 0.4) is 0 Å². The summed E-state index contributed by atoms with van der Waals surface area (Å²) in [6.07, 6.45) is 3.25. The smallest absolute Gasteiger partial charge is 0.326 e. The summed E-state index contributed by atoms with van der Waals surface area (Å²) >= 11 is 0. The fraction of sp³-hybridized carbons (Fsp3) is 0.520. The van der Waals surface area contributed by atoms with Gasteiger partial charge >= 0.3 is 5.97 Å². The number of unbranched alkanes of at least 4 members (excludes halogenated alkanes) is 1. The quantitative estimate of drug-likeness (QED) is 0.181. The van der Waals surface area contributed by atoms with Gasteiger partial charge in [-0.15, -0.1) is 0 Å². The van der Waals surface area contributed by atoms with Crippen molar-refractivity contribution in [3.05, 3.63) is 36.0 Å². The van der Waals surface area contributed by atoms with Crippen molar-refractivity contribution in [3.63, 3.8) is 0 Å². The van der Waals surface area contributed by atoms with Gasteiger partial charge in [-0.05, 0) is 50.3 Å². The Balaban J connectivity index is 2.29. The number of para-hydroxylation sites is 1. The number of hydrogen-bond donors (Lipinski definition) is 7. The van der Waals surface area contributed by atoms with E-state index in [-0.39, 0.29) is 18.8 Å². The zero-order valence-electron chi connectivity index (χ0n) is 21.0. The second-order valence-electron chi connectivity index (χ2n) is 9.33. The van der Waals surface area contributed by atoms with Gasteiger partial charge in [0.2, 0.25) is 17.7 Å². The molecule has 0 saturated carbocycles. The number of aliphatic carboxylic acids is 1. The minimum absolute atomic E-state index is 0.114. The number of rotatable bonds is 14. The van der Waals surface area contributed by atoms with Crippen LogP contribution in [0.25, 0.3) is 10.9 Å². The van der Waals surface area contributed by atoms with Gasteiger partial charge in [0, 0.05) is 23.5 Å². The van der Waals surface area contributed by atoms with Gasteiger partial charge in [0.15, 0.2) is 0 Å². The van der Waals surface area contributed by atoms with E-state index in [9.17, 15) is 24.3 Å². The van der Waals surface area contributed by atoms with Gasteiger partial charge in [0.05, 0.1) is 6.04 Å². The van der Waals surface area contributed by atoms with E-state index < -0.39 is 47.9 Å². The third-order valence-corrected chi connectivity index (χ3v) is 5.95. The second kappa shape index (κ2) is 13.6. The molecule has 0 aliphatic rings. The molecule has 1 heterocycles. The van der Waals surface area contributed by atoms with Crippen LogP contribution in [0.15, 0.2) is 30.5 Å². The summed E-state index contributed by atoms with van der Waals surface area (Å²) in [6, 6.07) is 3.58. The van der Waals surface area contributed by atoms with Gasteiger partial charge < -0.3 is 37.5 Å². The molecular weight excluding hydrogens is 464 g/mol. The Morgan fingerprint density at radius 3 is 2.22 bits per heavy atom. The van der Waals surface area contributed by atoms with E-state index in [1.54, 1.807) is 20.0 Å². The van der Waals surface area contributed by atoms with Crippen molar-refractivity contribution in [2.45, 2.75) is 70.6 Å². The van der Waals surface area contributed by atoms with Crippen LogP contribution < -0.4 is 27.4 Å². The zero-order valence-corrected chi connectivity index (χ0v) is 21.0. The maximum absolute atomic E-state index is 13.3. The van der Waals surface area contributed by atoms with Crippen molar-refractivity contribution < 1.29 is 24.3 Å². The predicted molar refractivity (Wildman–Crippen MR) is 137 cm³/mol. The largest absolute Gasteiger partial charge is 0.480 e. The number of nitrogens with one attached hydrogen (secondary N) is 4. The fourth-order valence-electron chi connectivity index (χ4n) is 3.83. The van der Waals surface area contributed by atoms with Gasteiger partial charge in [-0.2, -0.15) is 0 Å². The number of aromatic amines is 1. The lowest BCUT2D eigenvalue weighted by molar-refractivity contribution is -0.142. The third kappa shape index (κ3) is 8.06. The van der Waals surface area contributed by atoms with Crippen molar-refractivity contribution in [2.75, 3.05) is 6.54 Å². The molecule has 0 aliphatic heterocycles. The average molecular weight is 503 g/mol. The molecule has 36 heavy (non-hydrogen) atoms. The van der Waals surface area contributed by atoms with Crippen LogP contribution in [0, 0.1) is 5.92 Å². The molecule has 0 aliphatic carbocycles. The first-order valence-electron chi connectivity index (χ1n) is 12.2. The first-order chi connectivity index (χ1) is 17.0. The fourth-order valence-corrected chi connectivity index (χ4v) is 3.83. The first kappa shape index (κ1) is 28.8. The van der Waals surface area contributed by atoms with E-state index in [0.29, 0.717) is 19.4 Å². The maximum atomic E-state index is 13.3. The number of carboxylic acid groups (broad SMARTS) is 1. The topological polar surface area (TPSA) is 192 Å². The number of fused-ring (bicyclic) bond motifs is 1. The Morgan fingerprint density at radius 2 is 1.61 bits per heavy atom. The van der Waals surface area contributed by atoms with E-state index in [0.717, 1.165) is 16.5 Å². The third-order valence-electron chi connectivity index (χ3n) is 5.95. The Labute approximate surface area is 210 Å². The molecule has 0 radical (unpaired) electrons. The maximum Gasteiger partial charge on any atom is 0.326 e. The molecule has 0 bridgehead atoms.